The van der Waals surface area contributed by atoms with Gasteiger partial charge in [0.2, 0.25) is 0 Å². The van der Waals surface area contributed by atoms with Crippen molar-refractivity contribution in [1.82, 2.24) is 4.98 Å². The molecule has 0 saturated heterocycles. The molecular weight excluding hydrogens is 257 g/mol. The van der Waals surface area contributed by atoms with Crippen molar-refractivity contribution in [1.29, 1.82) is 10.5 Å². The Balaban J connectivity index is 3.63. The van der Waals surface area contributed by atoms with Crippen molar-refractivity contribution in [2.45, 2.75) is 19.0 Å². The summed E-state index contributed by atoms with van der Waals surface area (Å²) in [6.45, 7) is 0. The van der Waals surface area contributed by atoms with E-state index in [0.717, 1.165) is 0 Å². The van der Waals surface area contributed by atoms with Crippen molar-refractivity contribution in [3.05, 3.63) is 28.6 Å². The third kappa shape index (κ3) is 2.72. The minimum atomic E-state index is -5.06. The highest BCUT2D eigenvalue weighted by Gasteiger charge is 2.39. The number of hydrogen-bond donors (Lipinski definition) is 0. The lowest BCUT2D eigenvalue weighted by molar-refractivity contribution is -0.140. The summed E-state index contributed by atoms with van der Waals surface area (Å²) in [5, 5.41) is 16.9. The van der Waals surface area contributed by atoms with E-state index < -0.39 is 41.5 Å². The predicted octanol–water partition coefficient (Wildman–Crippen LogP) is 2.98. The van der Waals surface area contributed by atoms with Crippen molar-refractivity contribution in [2.24, 2.45) is 0 Å². The Bertz CT molecular complexity index is 536. The zero-order chi connectivity index (χ0) is 13.9. The van der Waals surface area contributed by atoms with Gasteiger partial charge >= 0.3 is 6.18 Å². The summed E-state index contributed by atoms with van der Waals surface area (Å²) in [7, 11) is 0. The fourth-order valence-corrected chi connectivity index (χ4v) is 1.38. The van der Waals surface area contributed by atoms with Crippen molar-refractivity contribution < 1.29 is 22.0 Å². The molecule has 0 aliphatic rings. The van der Waals surface area contributed by atoms with Crippen LogP contribution in [0.2, 0.25) is 0 Å². The number of nitriles is 2. The Hall–Kier alpha value is -2.22. The zero-order valence-corrected chi connectivity index (χ0v) is 8.59. The largest absolute Gasteiger partial charge is 0.418 e. The molecule has 18 heavy (non-hydrogen) atoms. The third-order valence-corrected chi connectivity index (χ3v) is 2.00. The van der Waals surface area contributed by atoms with Crippen molar-refractivity contribution in [3.63, 3.8) is 0 Å². The van der Waals surface area contributed by atoms with Crippen LogP contribution in [-0.4, -0.2) is 4.98 Å². The van der Waals surface area contributed by atoms with Gasteiger partial charge in [0.15, 0.2) is 0 Å². The second-order valence-corrected chi connectivity index (χ2v) is 3.16. The Morgan fingerprint density at radius 3 is 2.28 bits per heavy atom. The molecular formula is C10H4F5N3. The lowest BCUT2D eigenvalue weighted by Gasteiger charge is -2.15. The molecule has 1 heterocycles. The number of halogens is 5. The molecule has 0 spiro atoms. The molecule has 0 aliphatic heterocycles. The van der Waals surface area contributed by atoms with E-state index in [2.05, 4.69) is 4.98 Å². The number of alkyl halides is 5. The molecule has 0 N–H and O–H groups in total. The van der Waals surface area contributed by atoms with Gasteiger partial charge in [-0.05, 0) is 6.07 Å². The van der Waals surface area contributed by atoms with Gasteiger partial charge in [0.1, 0.15) is 11.8 Å². The van der Waals surface area contributed by atoms with Crippen LogP contribution in [0.1, 0.15) is 28.9 Å². The Kier molecular flexibility index (Phi) is 3.82. The molecule has 1 rings (SSSR count). The summed E-state index contributed by atoms with van der Waals surface area (Å²) in [6, 6.07) is 3.16. The lowest BCUT2D eigenvalue weighted by Crippen LogP contribution is -2.15. The summed E-state index contributed by atoms with van der Waals surface area (Å²) < 4.78 is 63.1. The first-order chi connectivity index (χ1) is 8.31. The van der Waals surface area contributed by atoms with Gasteiger partial charge in [-0.3, -0.25) is 0 Å². The summed E-state index contributed by atoms with van der Waals surface area (Å²) >= 11 is 0. The van der Waals surface area contributed by atoms with Crippen LogP contribution >= 0.6 is 0 Å². The molecule has 3 nitrogen and oxygen atoms in total. The third-order valence-electron chi connectivity index (χ3n) is 2.00. The molecule has 0 aromatic carbocycles. The van der Waals surface area contributed by atoms with E-state index in [9.17, 15) is 22.0 Å². The fourth-order valence-electron chi connectivity index (χ4n) is 1.38. The average molecular weight is 261 g/mol. The first-order valence-electron chi connectivity index (χ1n) is 4.47. The van der Waals surface area contributed by atoms with E-state index >= 15 is 0 Å². The standard InChI is InChI=1S/C10H4F5N3/c11-9(12)6-3-5(4-17)18-7(1-2-16)8(6)10(13,14)15/h3,9H,1H2. The van der Waals surface area contributed by atoms with E-state index in [1.54, 1.807) is 0 Å². The summed E-state index contributed by atoms with van der Waals surface area (Å²) in [4.78, 5) is 3.25. The maximum atomic E-state index is 12.7. The summed E-state index contributed by atoms with van der Waals surface area (Å²) in [5.74, 6) is 0. The molecule has 94 valence electrons. The van der Waals surface area contributed by atoms with Gasteiger partial charge in [0, 0.05) is 5.56 Å². The molecule has 8 heteroatoms. The number of pyridine rings is 1. The van der Waals surface area contributed by atoms with Crippen molar-refractivity contribution >= 4 is 0 Å². The monoisotopic (exact) mass is 261 g/mol. The van der Waals surface area contributed by atoms with Crippen LogP contribution in [0.5, 0.6) is 0 Å². The van der Waals surface area contributed by atoms with Crippen LogP contribution in [0.15, 0.2) is 6.07 Å². The van der Waals surface area contributed by atoms with Crippen LogP contribution in [0.3, 0.4) is 0 Å². The number of hydrogen-bond acceptors (Lipinski definition) is 3. The lowest BCUT2D eigenvalue weighted by atomic mass is 10.0. The first-order valence-corrected chi connectivity index (χ1v) is 4.47. The van der Waals surface area contributed by atoms with Crippen LogP contribution < -0.4 is 0 Å². The number of nitrogens with zero attached hydrogens (tertiary/aromatic N) is 3. The topological polar surface area (TPSA) is 60.5 Å². The van der Waals surface area contributed by atoms with Gasteiger partial charge in [-0.15, -0.1) is 0 Å². The smallest absolute Gasteiger partial charge is 0.240 e. The summed E-state index contributed by atoms with van der Waals surface area (Å²) in [5.41, 5.74) is -4.42. The molecule has 0 aliphatic carbocycles. The first kappa shape index (κ1) is 13.8. The second-order valence-electron chi connectivity index (χ2n) is 3.16. The minimum Gasteiger partial charge on any atom is -0.240 e. The predicted molar refractivity (Wildman–Crippen MR) is 48.2 cm³/mol. The highest BCUT2D eigenvalue weighted by atomic mass is 19.4. The van der Waals surface area contributed by atoms with E-state index in [1.165, 1.54) is 12.1 Å². The highest BCUT2D eigenvalue weighted by Crippen LogP contribution is 2.38. The van der Waals surface area contributed by atoms with Crippen LogP contribution in [-0.2, 0) is 12.6 Å². The minimum absolute atomic E-state index is 0.383. The molecule has 0 fully saturated rings. The van der Waals surface area contributed by atoms with E-state index in [0.29, 0.717) is 6.07 Å². The molecule has 0 atom stereocenters. The van der Waals surface area contributed by atoms with Gasteiger partial charge in [-0.2, -0.15) is 23.7 Å². The molecule has 1 aromatic heterocycles. The molecule has 0 radical (unpaired) electrons. The SMILES string of the molecule is N#CCc1nc(C#N)cc(C(F)F)c1C(F)(F)F. The Labute approximate surface area is 98.1 Å². The van der Waals surface area contributed by atoms with Crippen LogP contribution in [0.25, 0.3) is 0 Å². The highest BCUT2D eigenvalue weighted by molar-refractivity contribution is 5.40. The van der Waals surface area contributed by atoms with Gasteiger partial charge < -0.3 is 0 Å². The molecule has 0 amide bonds. The second kappa shape index (κ2) is 4.96. The van der Waals surface area contributed by atoms with Crippen LogP contribution in [0, 0.1) is 22.7 Å². The fraction of sp³-hybridized carbons (Fsp3) is 0.300. The number of aromatic nitrogens is 1. The van der Waals surface area contributed by atoms with E-state index in [4.69, 9.17) is 10.5 Å². The average Bonchev–Trinajstić information content (AvgIpc) is 2.26. The molecule has 0 unspecified atom stereocenters. The molecule has 0 bridgehead atoms. The van der Waals surface area contributed by atoms with Gasteiger partial charge in [0.05, 0.1) is 23.7 Å². The molecule has 1 aromatic rings. The number of rotatable bonds is 2. The Morgan fingerprint density at radius 1 is 1.28 bits per heavy atom. The Morgan fingerprint density at radius 2 is 1.89 bits per heavy atom. The summed E-state index contributed by atoms with van der Waals surface area (Å²) in [6.07, 6.45) is -9.27. The normalized spacial score (nSPS) is 11.1. The van der Waals surface area contributed by atoms with E-state index in [-0.39, 0.29) is 0 Å². The molecule has 0 saturated carbocycles. The van der Waals surface area contributed by atoms with Crippen molar-refractivity contribution in [2.75, 3.05) is 0 Å². The zero-order valence-electron chi connectivity index (χ0n) is 8.59. The van der Waals surface area contributed by atoms with Gasteiger partial charge in [0.25, 0.3) is 6.43 Å². The van der Waals surface area contributed by atoms with Gasteiger partial charge in [-0.1, -0.05) is 0 Å². The maximum Gasteiger partial charge on any atom is 0.418 e. The van der Waals surface area contributed by atoms with E-state index in [1.807, 2.05) is 0 Å². The van der Waals surface area contributed by atoms with Gasteiger partial charge in [-0.25, -0.2) is 13.8 Å². The quantitative estimate of drug-likeness (QED) is 0.769. The maximum absolute atomic E-state index is 12.7. The van der Waals surface area contributed by atoms with Crippen molar-refractivity contribution in [3.8, 4) is 12.1 Å². The van der Waals surface area contributed by atoms with Crippen LogP contribution in [0.4, 0.5) is 22.0 Å².